The number of hydrogen-bond donors (Lipinski definition) is 0. The van der Waals surface area contributed by atoms with Crippen LogP contribution in [0, 0.1) is 0 Å². The standard InChI is InChI=1S/C6H5F3N2OS/c1-13-5-10-3-2-4(11-5)12-6(7,8)9/h2-3H,1H3. The molecule has 0 aliphatic heterocycles. The zero-order chi connectivity index (χ0) is 9.90. The van der Waals surface area contributed by atoms with Crippen LogP contribution in [0.1, 0.15) is 0 Å². The summed E-state index contributed by atoms with van der Waals surface area (Å²) in [6.07, 6.45) is -1.84. The van der Waals surface area contributed by atoms with Gasteiger partial charge in [0.05, 0.1) is 0 Å². The predicted molar refractivity (Wildman–Crippen MR) is 40.5 cm³/mol. The van der Waals surface area contributed by atoms with Crippen LogP contribution in [0.3, 0.4) is 0 Å². The molecule has 0 fully saturated rings. The van der Waals surface area contributed by atoms with Gasteiger partial charge in [-0.1, -0.05) is 11.8 Å². The second-order valence-corrected chi connectivity index (χ2v) is 2.70. The van der Waals surface area contributed by atoms with Crippen LogP contribution in [0.4, 0.5) is 13.2 Å². The SMILES string of the molecule is CSc1nccc(OC(F)(F)F)n1. The molecule has 3 nitrogen and oxygen atoms in total. The van der Waals surface area contributed by atoms with Crippen LogP contribution >= 0.6 is 11.8 Å². The monoisotopic (exact) mass is 210 g/mol. The summed E-state index contributed by atoms with van der Waals surface area (Å²) in [6, 6.07) is 1.05. The molecule has 1 aromatic rings. The maximum absolute atomic E-state index is 11.7. The molecule has 0 saturated carbocycles. The Bertz CT molecular complexity index is 291. The van der Waals surface area contributed by atoms with Gasteiger partial charge in [-0.25, -0.2) is 4.98 Å². The number of hydrogen-bond acceptors (Lipinski definition) is 4. The number of thioether (sulfide) groups is 1. The van der Waals surface area contributed by atoms with Crippen LogP contribution in [0.2, 0.25) is 0 Å². The topological polar surface area (TPSA) is 35.0 Å². The maximum Gasteiger partial charge on any atom is 0.574 e. The van der Waals surface area contributed by atoms with Crippen molar-refractivity contribution in [1.82, 2.24) is 9.97 Å². The number of nitrogens with zero attached hydrogens (tertiary/aromatic N) is 2. The van der Waals surface area contributed by atoms with E-state index in [1.807, 2.05) is 0 Å². The average molecular weight is 210 g/mol. The van der Waals surface area contributed by atoms with Crippen molar-refractivity contribution in [2.75, 3.05) is 6.26 Å². The van der Waals surface area contributed by atoms with Crippen molar-refractivity contribution in [3.05, 3.63) is 12.3 Å². The first-order chi connectivity index (χ1) is 6.01. The van der Waals surface area contributed by atoms with Crippen molar-refractivity contribution >= 4 is 11.8 Å². The van der Waals surface area contributed by atoms with E-state index in [9.17, 15) is 13.2 Å². The molecule has 0 bridgehead atoms. The smallest absolute Gasteiger partial charge is 0.388 e. The average Bonchev–Trinajstić information content (AvgIpc) is 2.01. The van der Waals surface area contributed by atoms with E-state index in [0.717, 1.165) is 17.8 Å². The minimum Gasteiger partial charge on any atom is -0.388 e. The van der Waals surface area contributed by atoms with E-state index in [1.165, 1.54) is 6.20 Å². The second kappa shape index (κ2) is 3.82. The quantitative estimate of drug-likeness (QED) is 0.553. The van der Waals surface area contributed by atoms with Crippen LogP contribution in [0.25, 0.3) is 0 Å². The first-order valence-electron chi connectivity index (χ1n) is 3.14. The van der Waals surface area contributed by atoms with Gasteiger partial charge in [-0.15, -0.1) is 13.2 Å². The highest BCUT2D eigenvalue weighted by Gasteiger charge is 2.31. The molecule has 72 valence electrons. The Labute approximate surface area is 76.3 Å². The van der Waals surface area contributed by atoms with Crippen LogP contribution in [0.15, 0.2) is 17.4 Å². The predicted octanol–water partition coefficient (Wildman–Crippen LogP) is 2.10. The molecule has 0 aromatic carbocycles. The summed E-state index contributed by atoms with van der Waals surface area (Å²) in [5.74, 6) is -0.494. The highest BCUT2D eigenvalue weighted by molar-refractivity contribution is 7.98. The van der Waals surface area contributed by atoms with E-state index in [4.69, 9.17) is 0 Å². The molecular formula is C6H5F3N2OS. The molecule has 0 radical (unpaired) electrons. The summed E-state index contributed by atoms with van der Waals surface area (Å²) in [5.41, 5.74) is 0. The summed E-state index contributed by atoms with van der Waals surface area (Å²) in [6.45, 7) is 0. The Morgan fingerprint density at radius 2 is 2.15 bits per heavy atom. The number of aromatic nitrogens is 2. The zero-order valence-corrected chi connectivity index (χ0v) is 7.32. The highest BCUT2D eigenvalue weighted by Crippen LogP contribution is 2.21. The third-order valence-electron chi connectivity index (χ3n) is 1.01. The van der Waals surface area contributed by atoms with Gasteiger partial charge < -0.3 is 4.74 Å². The fourth-order valence-electron chi connectivity index (χ4n) is 0.599. The van der Waals surface area contributed by atoms with Crippen molar-refractivity contribution in [3.8, 4) is 5.88 Å². The minimum absolute atomic E-state index is 0.238. The van der Waals surface area contributed by atoms with E-state index in [0.29, 0.717) is 0 Å². The lowest BCUT2D eigenvalue weighted by molar-refractivity contribution is -0.276. The van der Waals surface area contributed by atoms with Crippen LogP contribution in [0.5, 0.6) is 5.88 Å². The molecule has 1 aromatic heterocycles. The van der Waals surface area contributed by atoms with Gasteiger partial charge in [-0.3, -0.25) is 0 Å². The first-order valence-corrected chi connectivity index (χ1v) is 4.36. The van der Waals surface area contributed by atoms with Crippen LogP contribution < -0.4 is 4.74 Å². The Balaban J connectivity index is 2.78. The van der Waals surface area contributed by atoms with Gasteiger partial charge in [-0.05, 0) is 6.26 Å². The third-order valence-corrected chi connectivity index (χ3v) is 1.57. The number of ether oxygens (including phenoxy) is 1. The molecular weight excluding hydrogens is 205 g/mol. The fraction of sp³-hybridized carbons (Fsp3) is 0.333. The lowest BCUT2D eigenvalue weighted by atomic mass is 10.6. The van der Waals surface area contributed by atoms with Gasteiger partial charge in [0.25, 0.3) is 0 Å². The molecule has 0 N–H and O–H groups in total. The van der Waals surface area contributed by atoms with Gasteiger partial charge >= 0.3 is 6.36 Å². The first kappa shape index (κ1) is 10.1. The molecule has 0 unspecified atom stereocenters. The fourth-order valence-corrected chi connectivity index (χ4v) is 0.946. The van der Waals surface area contributed by atoms with Crippen molar-refractivity contribution in [1.29, 1.82) is 0 Å². The largest absolute Gasteiger partial charge is 0.574 e. The van der Waals surface area contributed by atoms with Gasteiger partial charge in [-0.2, -0.15) is 4.98 Å². The zero-order valence-electron chi connectivity index (χ0n) is 6.50. The number of halogens is 3. The summed E-state index contributed by atoms with van der Waals surface area (Å²) in [5, 5.41) is 0.238. The molecule has 0 aliphatic rings. The Kier molecular flexibility index (Phi) is 2.97. The normalized spacial score (nSPS) is 11.4. The minimum atomic E-state index is -4.70. The van der Waals surface area contributed by atoms with E-state index in [-0.39, 0.29) is 5.16 Å². The summed E-state index contributed by atoms with van der Waals surface area (Å²) in [4.78, 5) is 7.18. The Morgan fingerprint density at radius 3 is 2.69 bits per heavy atom. The molecule has 1 rings (SSSR count). The summed E-state index contributed by atoms with van der Waals surface area (Å²) < 4.78 is 38.6. The van der Waals surface area contributed by atoms with Crippen LogP contribution in [-0.4, -0.2) is 22.6 Å². The lowest BCUT2D eigenvalue weighted by Crippen LogP contribution is -2.18. The molecule has 7 heteroatoms. The third kappa shape index (κ3) is 3.49. The van der Waals surface area contributed by atoms with E-state index < -0.39 is 12.2 Å². The molecule has 0 aliphatic carbocycles. The second-order valence-electron chi connectivity index (χ2n) is 1.93. The highest BCUT2D eigenvalue weighted by atomic mass is 32.2. The maximum atomic E-state index is 11.7. The van der Waals surface area contributed by atoms with Gasteiger partial charge in [0.15, 0.2) is 5.16 Å². The van der Waals surface area contributed by atoms with Crippen molar-refractivity contribution in [2.45, 2.75) is 11.5 Å². The summed E-state index contributed by atoms with van der Waals surface area (Å²) >= 11 is 1.14. The van der Waals surface area contributed by atoms with E-state index in [1.54, 1.807) is 6.26 Å². The van der Waals surface area contributed by atoms with Gasteiger partial charge in [0, 0.05) is 12.3 Å². The van der Waals surface area contributed by atoms with Crippen molar-refractivity contribution in [3.63, 3.8) is 0 Å². The van der Waals surface area contributed by atoms with Crippen molar-refractivity contribution < 1.29 is 17.9 Å². The van der Waals surface area contributed by atoms with E-state index >= 15 is 0 Å². The number of alkyl halides is 3. The molecule has 0 spiro atoms. The Hall–Kier alpha value is -0.980. The molecule has 0 saturated heterocycles. The van der Waals surface area contributed by atoms with Gasteiger partial charge in [0.1, 0.15) is 0 Å². The lowest BCUT2D eigenvalue weighted by Gasteiger charge is -2.07. The van der Waals surface area contributed by atoms with Gasteiger partial charge in [0.2, 0.25) is 5.88 Å². The molecule has 0 atom stereocenters. The summed E-state index contributed by atoms with van der Waals surface area (Å²) in [7, 11) is 0. The van der Waals surface area contributed by atoms with Crippen LogP contribution in [-0.2, 0) is 0 Å². The molecule has 1 heterocycles. The van der Waals surface area contributed by atoms with E-state index in [2.05, 4.69) is 14.7 Å². The molecule has 13 heavy (non-hydrogen) atoms. The Morgan fingerprint density at radius 1 is 1.46 bits per heavy atom. The molecule has 0 amide bonds. The van der Waals surface area contributed by atoms with Crippen molar-refractivity contribution in [2.24, 2.45) is 0 Å². The number of rotatable bonds is 2.